The molecule has 6 nitrogen and oxygen atoms in total. The Morgan fingerprint density at radius 1 is 0.326 bits per heavy atom. The van der Waals surface area contributed by atoms with Crippen LogP contribution in [0.1, 0.15) is 5.56 Å². The van der Waals surface area contributed by atoms with Gasteiger partial charge in [0, 0.05) is 16.2 Å². The Bertz CT molecular complexity index is 6090. The predicted octanol–water partition coefficient (Wildman–Crippen LogP) is 21.5. The first-order valence-corrected chi connectivity index (χ1v) is 39.6. The summed E-state index contributed by atoms with van der Waals surface area (Å²) in [5.41, 5.74) is 23.4. The second kappa shape index (κ2) is 19.9. The molecule has 17 aromatic rings. The van der Waals surface area contributed by atoms with E-state index >= 15 is 0 Å². The molecule has 0 atom stereocenters. The van der Waals surface area contributed by atoms with Crippen LogP contribution in [-0.4, -0.2) is 33.3 Å². The summed E-state index contributed by atoms with van der Waals surface area (Å²) >= 11 is -5.39. The first-order chi connectivity index (χ1) is 45.6. The van der Waals surface area contributed by atoms with Crippen molar-refractivity contribution in [3.63, 3.8) is 0 Å². The molecule has 0 unspecified atom stereocenters. The predicted molar refractivity (Wildman–Crippen MR) is 404 cm³/mol. The zero-order chi connectivity index (χ0) is 59.9. The third-order valence-electron chi connectivity index (χ3n) is 18.9. The molecule has 9 heteroatoms. The zero-order valence-electron chi connectivity index (χ0n) is 49.0. The summed E-state index contributed by atoms with van der Waals surface area (Å²) in [6.45, 7) is 0. The molecule has 4 aliphatic heterocycles. The van der Waals surface area contributed by atoms with E-state index in [1.807, 2.05) is 36.4 Å². The molecule has 0 radical (unpaired) electrons. The van der Waals surface area contributed by atoms with Crippen LogP contribution in [0.2, 0.25) is 0 Å². The van der Waals surface area contributed by atoms with Crippen molar-refractivity contribution in [2.75, 3.05) is 0 Å². The van der Waals surface area contributed by atoms with E-state index in [0.717, 1.165) is 33.7 Å². The monoisotopic (exact) mass is 1510 g/mol. The van der Waals surface area contributed by atoms with Gasteiger partial charge in [-0.15, -0.1) is 0 Å². The Balaban J connectivity index is 0.717. The van der Waals surface area contributed by atoms with E-state index in [1.165, 1.54) is 129 Å². The molecule has 0 N–H and O–H groups in total. The Kier molecular flexibility index (Phi) is 11.2. The maximum atomic E-state index is 5.86. The van der Waals surface area contributed by atoms with Crippen molar-refractivity contribution >= 4 is 135 Å². The summed E-state index contributed by atoms with van der Waals surface area (Å²) < 4.78 is 16.9. The van der Waals surface area contributed by atoms with E-state index in [2.05, 4.69) is 258 Å². The fourth-order valence-electron chi connectivity index (χ4n) is 15.0. The number of rotatable bonds is 7. The number of fused-ring (bicyclic) bond motifs is 13. The van der Waals surface area contributed by atoms with Crippen LogP contribution in [0, 0.1) is 25.0 Å². The van der Waals surface area contributed by atoms with E-state index in [4.69, 9.17) is 19.9 Å². The van der Waals surface area contributed by atoms with Gasteiger partial charge in [0.25, 0.3) is 0 Å². The van der Waals surface area contributed by atoms with Crippen LogP contribution in [0.3, 0.4) is 0 Å². The Morgan fingerprint density at radius 2 is 0.891 bits per heavy atom. The number of hydrogen-bond acceptors (Lipinski definition) is 4. The second-order valence-electron chi connectivity index (χ2n) is 23.9. The molecule has 0 aliphatic carbocycles. The van der Waals surface area contributed by atoms with Crippen LogP contribution >= 0.6 is 60.4 Å². The molecule has 0 saturated carbocycles. The van der Waals surface area contributed by atoms with Crippen LogP contribution < -0.4 is 0 Å². The fourth-order valence-corrected chi connectivity index (χ4v) is 32.2. The number of nitrogens with zero attached hydrogens (tertiary/aromatic N) is 6. The Morgan fingerprint density at radius 3 is 1.67 bits per heavy atom. The molecule has 0 spiro atoms. The normalized spacial score (nSPS) is 14.2. The molecule has 21 rings (SSSR count). The van der Waals surface area contributed by atoms with Gasteiger partial charge in [0.05, 0.1) is 16.6 Å². The minimum absolute atomic E-state index is 0.672. The van der Waals surface area contributed by atoms with Gasteiger partial charge in [0.2, 0.25) is 0 Å². The maximum absolute atomic E-state index is 5.86. The van der Waals surface area contributed by atoms with Crippen LogP contribution in [0.5, 0.6) is 0 Å². The molecule has 0 amide bonds. The molecule has 0 bridgehead atoms. The number of hydrogen-bond donors (Lipinski definition) is 0. The van der Waals surface area contributed by atoms with Crippen molar-refractivity contribution in [1.29, 1.82) is 0 Å². The average molecular weight is 1510 g/mol. The first-order valence-electron chi connectivity index (χ1n) is 31.0. The minimum atomic E-state index is -2.34. The van der Waals surface area contributed by atoms with Crippen molar-refractivity contribution in [2.45, 2.75) is 0 Å². The Labute approximate surface area is 553 Å². The van der Waals surface area contributed by atoms with Gasteiger partial charge in [0.15, 0.2) is 0 Å². The van der Waals surface area contributed by atoms with Gasteiger partial charge in [0.1, 0.15) is 0 Å². The molecule has 8 heterocycles. The third kappa shape index (κ3) is 7.37. The molecule has 92 heavy (non-hydrogen) atoms. The van der Waals surface area contributed by atoms with Crippen molar-refractivity contribution in [3.8, 4) is 78.7 Å². The van der Waals surface area contributed by atoms with Crippen LogP contribution in [0.4, 0.5) is 5.69 Å². The van der Waals surface area contributed by atoms with Crippen molar-refractivity contribution in [3.05, 3.63) is 316 Å². The van der Waals surface area contributed by atoms with E-state index in [9.17, 15) is 0 Å². The molecular formula is C83H47I3N6. The number of benzene rings is 13. The van der Waals surface area contributed by atoms with Crippen LogP contribution in [-0.2, 0) is 0 Å². The van der Waals surface area contributed by atoms with E-state index in [0.29, 0.717) is 17.5 Å². The van der Waals surface area contributed by atoms with Gasteiger partial charge < -0.3 is 4.40 Å². The molecule has 0 fully saturated rings. The van der Waals surface area contributed by atoms with E-state index < -0.39 is 60.4 Å². The van der Waals surface area contributed by atoms with Crippen LogP contribution in [0.25, 0.3) is 139 Å². The van der Waals surface area contributed by atoms with Gasteiger partial charge in [-0.3, -0.25) is 0 Å². The Hall–Kier alpha value is -9.80. The summed E-state index contributed by atoms with van der Waals surface area (Å²) in [7, 11) is 0. The SMILES string of the molecule is c1ccc(C2=Nc3cc(-c4ccc5c(c4)I4c6ccccc6-c6ccc7c(c64)-c4c-5cccc4I7c4cccc(-c5nc(-c6ccccc6)nc(-c6ccccc6)n5)c4)ccc3I=C2n2c3cccc4c5ccccc5n5c6ccccc6c6ccc2c(c43)c65)cc1. The topological polar surface area (TPSA) is 60.4 Å². The van der Waals surface area contributed by atoms with Gasteiger partial charge >= 0.3 is 449 Å². The van der Waals surface area contributed by atoms with Gasteiger partial charge in [-0.2, -0.15) is 0 Å². The molecule has 4 aromatic heterocycles. The van der Waals surface area contributed by atoms with Crippen molar-refractivity contribution in [2.24, 2.45) is 4.99 Å². The van der Waals surface area contributed by atoms with Gasteiger partial charge in [-0.25, -0.2) is 0 Å². The summed E-state index contributed by atoms with van der Waals surface area (Å²) in [4.78, 5) is 21.3. The third-order valence-corrected chi connectivity index (χ3v) is 34.3. The summed E-state index contributed by atoms with van der Waals surface area (Å²) in [5, 5.41) is 7.69. The molecule has 0 saturated heterocycles. The van der Waals surface area contributed by atoms with Gasteiger partial charge in [-0.1, -0.05) is 54.6 Å². The number of aliphatic imine (C=N–C) groups is 1. The summed E-state index contributed by atoms with van der Waals surface area (Å²) in [6.07, 6.45) is 0. The summed E-state index contributed by atoms with van der Waals surface area (Å²) in [5.74, 6) is 2.03. The second-order valence-corrected chi connectivity index (χ2v) is 36.8. The molecule has 4 aliphatic rings. The average Bonchev–Trinajstić information content (AvgIpc) is 1.53. The summed E-state index contributed by atoms with van der Waals surface area (Å²) in [6, 6.07) is 107. The molecule has 13 aromatic carbocycles. The molecule has 430 valence electrons. The fraction of sp³-hybridized carbons (Fsp3) is 0. The first kappa shape index (κ1) is 51.9. The van der Waals surface area contributed by atoms with Gasteiger partial charge in [-0.05, 0) is 17.5 Å². The molecular weight excluding hydrogens is 1460 g/mol. The number of halogens is 3. The quantitative estimate of drug-likeness (QED) is 0.149. The number of para-hydroxylation sites is 2. The van der Waals surface area contributed by atoms with E-state index in [-0.39, 0.29) is 0 Å². The standard InChI is InChI=1S/C83H47I3N6/c1-4-19-48(20-5-1)78-80(92-71-36-18-31-60-57-28-11-14-34-69(57)91-70-35-15-12-29-58(70)62-41-44-72(92)76(74(60)71)79(62)91)84-63-42-38-52(47-68(63)87-78)51-37-39-56-59-30-17-33-65-73(59)75-66(43-40-61-55-27-10-13-32-64(55)86(77(61)75)67(56)46-51)85(65)54-26-16-25-53(45-54)83-89-81(49-21-6-2-7-22-49)88-82(90-83)50-23-8-3-9-24-50/h1-47H. The van der Waals surface area contributed by atoms with Crippen molar-refractivity contribution < 1.29 is 0 Å². The van der Waals surface area contributed by atoms with Crippen molar-refractivity contribution in [1.82, 2.24) is 23.9 Å². The van der Waals surface area contributed by atoms with Crippen LogP contribution in [0.15, 0.2) is 290 Å². The zero-order valence-corrected chi connectivity index (χ0v) is 55.4. The van der Waals surface area contributed by atoms with E-state index in [1.54, 1.807) is 3.57 Å². The number of aromatic nitrogens is 5.